The van der Waals surface area contributed by atoms with E-state index in [1.807, 2.05) is 0 Å². The first-order valence-corrected chi connectivity index (χ1v) is 7.27. The molecular weight excluding hydrogens is 352 g/mol. The molecule has 0 saturated carbocycles. The van der Waals surface area contributed by atoms with Gasteiger partial charge in [-0.15, -0.1) is 11.3 Å². The second kappa shape index (κ2) is 5.94. The summed E-state index contributed by atoms with van der Waals surface area (Å²) in [5.74, 6) is 0.925. The molecule has 19 heavy (non-hydrogen) atoms. The van der Waals surface area contributed by atoms with Crippen molar-refractivity contribution in [3.63, 3.8) is 0 Å². The number of halogens is 2. The Morgan fingerprint density at radius 2 is 1.89 bits per heavy atom. The highest BCUT2D eigenvalue weighted by Gasteiger charge is 2.19. The minimum atomic E-state index is -0.139. The van der Waals surface area contributed by atoms with Crippen LogP contribution >= 0.6 is 38.9 Å². The third kappa shape index (κ3) is 2.94. The third-order valence-corrected chi connectivity index (χ3v) is 4.37. The van der Waals surface area contributed by atoms with E-state index in [0.29, 0.717) is 26.3 Å². The van der Waals surface area contributed by atoms with E-state index >= 15 is 0 Å². The second-order valence-corrected chi connectivity index (χ2v) is 6.19. The van der Waals surface area contributed by atoms with Crippen molar-refractivity contribution in [3.05, 3.63) is 43.5 Å². The van der Waals surface area contributed by atoms with Crippen molar-refractivity contribution in [2.45, 2.75) is 0 Å². The van der Waals surface area contributed by atoms with Gasteiger partial charge in [0.2, 0.25) is 5.78 Å². The Kier molecular flexibility index (Phi) is 4.50. The van der Waals surface area contributed by atoms with Crippen LogP contribution in [0.15, 0.2) is 28.7 Å². The lowest BCUT2D eigenvalue weighted by Crippen LogP contribution is -2.03. The van der Waals surface area contributed by atoms with Gasteiger partial charge < -0.3 is 9.47 Å². The highest BCUT2D eigenvalue weighted by molar-refractivity contribution is 9.10. The van der Waals surface area contributed by atoms with Crippen molar-refractivity contribution < 1.29 is 14.3 Å². The number of hydrogen-bond acceptors (Lipinski definition) is 4. The molecule has 1 aromatic heterocycles. The number of ether oxygens (including phenoxy) is 2. The van der Waals surface area contributed by atoms with Gasteiger partial charge in [-0.05, 0) is 40.2 Å². The Balaban J connectivity index is 2.51. The summed E-state index contributed by atoms with van der Waals surface area (Å²) in [5.41, 5.74) is 0.445. The van der Waals surface area contributed by atoms with Crippen LogP contribution in [0.4, 0.5) is 0 Å². The molecule has 0 radical (unpaired) electrons. The van der Waals surface area contributed by atoms with Crippen LogP contribution in [0.3, 0.4) is 0 Å². The van der Waals surface area contributed by atoms with Crippen molar-refractivity contribution >= 4 is 44.7 Å². The van der Waals surface area contributed by atoms with Gasteiger partial charge in [-0.3, -0.25) is 4.79 Å². The molecule has 0 bridgehead atoms. The maximum absolute atomic E-state index is 12.4. The summed E-state index contributed by atoms with van der Waals surface area (Å²) in [6.07, 6.45) is 0. The third-order valence-electron chi connectivity index (χ3n) is 2.52. The fourth-order valence-electron chi connectivity index (χ4n) is 1.61. The van der Waals surface area contributed by atoms with Crippen LogP contribution in [0.25, 0.3) is 0 Å². The Bertz CT molecular complexity index is 624. The van der Waals surface area contributed by atoms with Crippen molar-refractivity contribution in [2.24, 2.45) is 0 Å². The lowest BCUT2D eigenvalue weighted by molar-refractivity contribution is 0.103. The van der Waals surface area contributed by atoms with Gasteiger partial charge in [0.15, 0.2) is 0 Å². The number of carbonyl (C=O) groups excluding carboxylic acids is 1. The van der Waals surface area contributed by atoms with Crippen molar-refractivity contribution in [3.8, 4) is 11.5 Å². The molecule has 0 aliphatic rings. The molecule has 0 saturated heterocycles. The molecular formula is C13H10BrClO3S. The van der Waals surface area contributed by atoms with Crippen LogP contribution in [0.2, 0.25) is 4.34 Å². The molecule has 6 heteroatoms. The standard InChI is InChI=1S/C13H10BrClO3S/c1-17-9-6-8(14)10(18-2)5-7(9)13(16)11-3-4-12(15)19-11/h3-6H,1-2H3. The lowest BCUT2D eigenvalue weighted by atomic mass is 10.1. The van der Waals surface area contributed by atoms with Crippen LogP contribution in [0.5, 0.6) is 11.5 Å². The zero-order chi connectivity index (χ0) is 14.0. The van der Waals surface area contributed by atoms with Gasteiger partial charge in [0.1, 0.15) is 11.5 Å². The SMILES string of the molecule is COc1cc(C(=O)c2ccc(Cl)s2)c(OC)cc1Br. The molecule has 100 valence electrons. The van der Waals surface area contributed by atoms with Gasteiger partial charge >= 0.3 is 0 Å². The van der Waals surface area contributed by atoms with Gasteiger partial charge in [-0.1, -0.05) is 11.6 Å². The van der Waals surface area contributed by atoms with Gasteiger partial charge in [0.25, 0.3) is 0 Å². The zero-order valence-electron chi connectivity index (χ0n) is 10.2. The van der Waals surface area contributed by atoms with Gasteiger partial charge in [0, 0.05) is 0 Å². The van der Waals surface area contributed by atoms with E-state index < -0.39 is 0 Å². The fourth-order valence-corrected chi connectivity index (χ4v) is 3.09. The largest absolute Gasteiger partial charge is 0.496 e. The first-order chi connectivity index (χ1) is 9.06. The van der Waals surface area contributed by atoms with E-state index in [9.17, 15) is 4.79 Å². The predicted molar refractivity (Wildman–Crippen MR) is 80.0 cm³/mol. The maximum atomic E-state index is 12.4. The van der Waals surface area contributed by atoms with Crippen LogP contribution in [0, 0.1) is 0 Å². The van der Waals surface area contributed by atoms with E-state index in [0.717, 1.165) is 4.47 Å². The summed E-state index contributed by atoms with van der Waals surface area (Å²) in [4.78, 5) is 13.0. The summed E-state index contributed by atoms with van der Waals surface area (Å²) in [5, 5.41) is 0. The molecule has 2 aromatic rings. The highest BCUT2D eigenvalue weighted by atomic mass is 79.9. The Labute approximate surface area is 128 Å². The molecule has 2 rings (SSSR count). The average molecular weight is 362 g/mol. The van der Waals surface area contributed by atoms with E-state index in [2.05, 4.69) is 15.9 Å². The van der Waals surface area contributed by atoms with E-state index in [1.165, 1.54) is 18.4 Å². The monoisotopic (exact) mass is 360 g/mol. The summed E-state index contributed by atoms with van der Waals surface area (Å²) >= 11 is 10.4. The van der Waals surface area contributed by atoms with Crippen LogP contribution in [-0.2, 0) is 0 Å². The molecule has 1 aromatic carbocycles. The Morgan fingerprint density at radius 1 is 1.21 bits per heavy atom. The summed E-state index contributed by atoms with van der Waals surface area (Å²) in [6.45, 7) is 0. The molecule has 0 atom stereocenters. The molecule has 0 spiro atoms. The normalized spacial score (nSPS) is 10.3. The summed E-state index contributed by atoms with van der Waals surface area (Å²) < 4.78 is 11.7. The van der Waals surface area contributed by atoms with E-state index in [1.54, 1.807) is 31.4 Å². The minimum absolute atomic E-state index is 0.139. The van der Waals surface area contributed by atoms with Crippen LogP contribution < -0.4 is 9.47 Å². The molecule has 1 heterocycles. The molecule has 0 N–H and O–H groups in total. The van der Waals surface area contributed by atoms with Gasteiger partial charge in [0.05, 0.1) is 33.5 Å². The van der Waals surface area contributed by atoms with Crippen molar-refractivity contribution in [1.82, 2.24) is 0 Å². The van der Waals surface area contributed by atoms with E-state index in [-0.39, 0.29) is 5.78 Å². The maximum Gasteiger partial charge on any atom is 0.206 e. The highest BCUT2D eigenvalue weighted by Crippen LogP contribution is 2.35. The molecule has 0 unspecified atom stereocenters. The molecule has 3 nitrogen and oxygen atoms in total. The Morgan fingerprint density at radius 3 is 2.42 bits per heavy atom. The number of ketones is 1. The first kappa shape index (κ1) is 14.4. The molecule has 0 aliphatic carbocycles. The topological polar surface area (TPSA) is 35.5 Å². The van der Waals surface area contributed by atoms with Gasteiger partial charge in [-0.2, -0.15) is 0 Å². The quantitative estimate of drug-likeness (QED) is 0.757. The fraction of sp³-hybridized carbons (Fsp3) is 0.154. The molecule has 0 aliphatic heterocycles. The molecule has 0 amide bonds. The first-order valence-electron chi connectivity index (χ1n) is 5.28. The van der Waals surface area contributed by atoms with Crippen molar-refractivity contribution in [2.75, 3.05) is 14.2 Å². The second-order valence-electron chi connectivity index (χ2n) is 3.62. The summed E-state index contributed by atoms with van der Waals surface area (Å²) in [7, 11) is 3.06. The molecule has 0 fully saturated rings. The van der Waals surface area contributed by atoms with E-state index in [4.69, 9.17) is 21.1 Å². The smallest absolute Gasteiger partial charge is 0.206 e. The van der Waals surface area contributed by atoms with Gasteiger partial charge in [-0.25, -0.2) is 0 Å². The number of benzene rings is 1. The number of methoxy groups -OCH3 is 2. The summed E-state index contributed by atoms with van der Waals surface area (Å²) in [6, 6.07) is 6.76. The number of carbonyl (C=O) groups is 1. The average Bonchev–Trinajstić information content (AvgIpc) is 2.84. The zero-order valence-corrected chi connectivity index (χ0v) is 13.4. The lowest BCUT2D eigenvalue weighted by Gasteiger charge is -2.10. The number of hydrogen-bond donors (Lipinski definition) is 0. The van der Waals surface area contributed by atoms with Crippen LogP contribution in [0.1, 0.15) is 15.2 Å². The minimum Gasteiger partial charge on any atom is -0.496 e. The Hall–Kier alpha value is -1.04. The number of rotatable bonds is 4. The van der Waals surface area contributed by atoms with Crippen molar-refractivity contribution in [1.29, 1.82) is 0 Å². The van der Waals surface area contributed by atoms with Crippen LogP contribution in [-0.4, -0.2) is 20.0 Å². The number of thiophene rings is 1. The predicted octanol–water partition coefficient (Wildman–Crippen LogP) is 4.41.